The van der Waals surface area contributed by atoms with E-state index >= 15 is 0 Å². The number of pyridine rings is 1. The van der Waals surface area contributed by atoms with E-state index in [2.05, 4.69) is 10.3 Å². The van der Waals surface area contributed by atoms with Crippen molar-refractivity contribution in [3.8, 4) is 5.75 Å². The number of aromatic hydroxyl groups is 1. The molecule has 148 valence electrons. The fourth-order valence-corrected chi connectivity index (χ4v) is 2.64. The molecule has 1 atom stereocenters. The molecular formula is C19H20FN3O5. The maximum Gasteiger partial charge on any atom is 0.410 e. The fourth-order valence-electron chi connectivity index (χ4n) is 2.64. The van der Waals surface area contributed by atoms with Gasteiger partial charge in [0.1, 0.15) is 23.9 Å². The highest BCUT2D eigenvalue weighted by atomic mass is 19.1. The normalized spacial score (nSPS) is 16.5. The Hall–Kier alpha value is -3.20. The van der Waals surface area contributed by atoms with Crippen LogP contribution in [-0.4, -0.2) is 59.3 Å². The van der Waals surface area contributed by atoms with E-state index < -0.39 is 12.0 Å². The number of nitrogens with zero attached hydrogens (tertiary/aromatic N) is 2. The Morgan fingerprint density at radius 2 is 2.07 bits per heavy atom. The molecule has 8 nitrogen and oxygen atoms in total. The van der Waals surface area contributed by atoms with Crippen molar-refractivity contribution in [1.29, 1.82) is 0 Å². The van der Waals surface area contributed by atoms with Crippen LogP contribution in [0.5, 0.6) is 5.75 Å². The second-order valence-corrected chi connectivity index (χ2v) is 6.23. The lowest BCUT2D eigenvalue weighted by Crippen LogP contribution is -2.49. The van der Waals surface area contributed by atoms with Gasteiger partial charge < -0.3 is 24.8 Å². The maximum atomic E-state index is 12.9. The first-order valence-corrected chi connectivity index (χ1v) is 8.72. The molecule has 2 heterocycles. The van der Waals surface area contributed by atoms with Crippen LogP contribution in [0.25, 0.3) is 0 Å². The minimum absolute atomic E-state index is 0.0260. The molecule has 3 rings (SSSR count). The highest BCUT2D eigenvalue weighted by molar-refractivity contribution is 5.92. The van der Waals surface area contributed by atoms with Crippen LogP contribution in [0.15, 0.2) is 42.6 Å². The Kier molecular flexibility index (Phi) is 6.38. The van der Waals surface area contributed by atoms with Crippen molar-refractivity contribution in [3.05, 3.63) is 59.7 Å². The third-order valence-electron chi connectivity index (χ3n) is 4.14. The number of rotatable bonds is 5. The lowest BCUT2D eigenvalue weighted by atomic mass is 10.2. The van der Waals surface area contributed by atoms with Gasteiger partial charge in [-0.3, -0.25) is 4.79 Å². The number of amides is 2. The quantitative estimate of drug-likeness (QED) is 0.807. The standard InChI is InChI=1S/C19H20FN3O5/c20-14-3-1-13(2-4-14)12-28-19(26)23-7-8-27-16(11-23)10-22-18(25)17-6-5-15(24)9-21-17/h1-6,9,16,24H,7-8,10-12H2,(H,22,25)/t16-/m1/s1. The summed E-state index contributed by atoms with van der Waals surface area (Å²) in [5.41, 5.74) is 0.859. The summed E-state index contributed by atoms with van der Waals surface area (Å²) < 4.78 is 23.7. The first-order chi connectivity index (χ1) is 13.5. The number of nitrogens with one attached hydrogen (secondary N) is 1. The lowest BCUT2D eigenvalue weighted by molar-refractivity contribution is -0.0264. The number of carbonyl (C=O) groups excluding carboxylic acids is 2. The first kappa shape index (κ1) is 19.6. The average Bonchev–Trinajstić information content (AvgIpc) is 2.72. The minimum atomic E-state index is -0.496. The van der Waals surface area contributed by atoms with Crippen molar-refractivity contribution < 1.29 is 28.6 Å². The molecular weight excluding hydrogens is 369 g/mol. The molecule has 1 fully saturated rings. The van der Waals surface area contributed by atoms with E-state index in [4.69, 9.17) is 9.47 Å². The molecule has 28 heavy (non-hydrogen) atoms. The summed E-state index contributed by atoms with van der Waals surface area (Å²) in [7, 11) is 0. The summed E-state index contributed by atoms with van der Waals surface area (Å²) in [5.74, 6) is -0.780. The third-order valence-corrected chi connectivity index (χ3v) is 4.14. The van der Waals surface area contributed by atoms with Crippen LogP contribution in [0.3, 0.4) is 0 Å². The Bertz CT molecular complexity index is 813. The van der Waals surface area contributed by atoms with Crippen molar-refractivity contribution in [3.63, 3.8) is 0 Å². The number of halogens is 1. The van der Waals surface area contributed by atoms with E-state index in [-0.39, 0.29) is 43.1 Å². The van der Waals surface area contributed by atoms with Crippen molar-refractivity contribution in [2.24, 2.45) is 0 Å². The van der Waals surface area contributed by atoms with Crippen LogP contribution in [0, 0.1) is 5.82 Å². The number of hydrogen-bond acceptors (Lipinski definition) is 6. The molecule has 2 aromatic rings. The monoisotopic (exact) mass is 389 g/mol. The van der Waals surface area contributed by atoms with Gasteiger partial charge in [-0.2, -0.15) is 0 Å². The van der Waals surface area contributed by atoms with Gasteiger partial charge in [0.2, 0.25) is 0 Å². The number of morpholine rings is 1. The number of aromatic nitrogens is 1. The summed E-state index contributed by atoms with van der Waals surface area (Å²) in [5, 5.41) is 11.9. The molecule has 1 aliphatic rings. The summed E-state index contributed by atoms with van der Waals surface area (Å²) in [4.78, 5) is 29.6. The van der Waals surface area contributed by atoms with E-state index in [0.29, 0.717) is 18.7 Å². The summed E-state index contributed by atoms with van der Waals surface area (Å²) >= 11 is 0. The van der Waals surface area contributed by atoms with E-state index in [0.717, 1.165) is 0 Å². The van der Waals surface area contributed by atoms with Crippen molar-refractivity contribution in [2.45, 2.75) is 12.7 Å². The molecule has 0 aliphatic carbocycles. The second-order valence-electron chi connectivity index (χ2n) is 6.23. The van der Waals surface area contributed by atoms with Gasteiger partial charge in [0.15, 0.2) is 0 Å². The van der Waals surface area contributed by atoms with Gasteiger partial charge in [-0.1, -0.05) is 12.1 Å². The highest BCUT2D eigenvalue weighted by Gasteiger charge is 2.25. The minimum Gasteiger partial charge on any atom is -0.506 e. The van der Waals surface area contributed by atoms with E-state index in [1.165, 1.54) is 35.4 Å². The molecule has 0 radical (unpaired) electrons. The van der Waals surface area contributed by atoms with Crippen molar-refractivity contribution in [2.75, 3.05) is 26.2 Å². The van der Waals surface area contributed by atoms with Crippen LogP contribution in [-0.2, 0) is 16.1 Å². The average molecular weight is 389 g/mol. The highest BCUT2D eigenvalue weighted by Crippen LogP contribution is 2.10. The molecule has 2 amide bonds. The fraction of sp³-hybridized carbons (Fsp3) is 0.316. The predicted octanol–water partition coefficient (Wildman–Crippen LogP) is 1.69. The second kappa shape index (κ2) is 9.14. The zero-order chi connectivity index (χ0) is 19.9. The third kappa shape index (κ3) is 5.40. The zero-order valence-corrected chi connectivity index (χ0v) is 15.0. The molecule has 0 unspecified atom stereocenters. The molecule has 0 saturated carbocycles. The van der Waals surface area contributed by atoms with Gasteiger partial charge in [0.25, 0.3) is 5.91 Å². The number of benzene rings is 1. The first-order valence-electron chi connectivity index (χ1n) is 8.72. The molecule has 0 bridgehead atoms. The number of hydrogen-bond donors (Lipinski definition) is 2. The topological polar surface area (TPSA) is 101 Å². The Morgan fingerprint density at radius 3 is 2.79 bits per heavy atom. The van der Waals surface area contributed by atoms with Crippen molar-refractivity contribution >= 4 is 12.0 Å². The Morgan fingerprint density at radius 1 is 1.29 bits per heavy atom. The van der Waals surface area contributed by atoms with Gasteiger partial charge in [-0.15, -0.1) is 0 Å². The van der Waals surface area contributed by atoms with Crippen LogP contribution in [0.1, 0.15) is 16.1 Å². The molecule has 9 heteroatoms. The molecule has 1 aromatic heterocycles. The Balaban J connectivity index is 1.45. The van der Waals surface area contributed by atoms with E-state index in [1.54, 1.807) is 12.1 Å². The molecule has 1 aromatic carbocycles. The molecule has 1 aliphatic heterocycles. The van der Waals surface area contributed by atoms with Gasteiger partial charge >= 0.3 is 6.09 Å². The smallest absolute Gasteiger partial charge is 0.410 e. The SMILES string of the molecule is O=C(NC[C@@H]1CN(C(=O)OCc2ccc(F)cc2)CCO1)c1ccc(O)cn1. The summed E-state index contributed by atoms with van der Waals surface area (Å²) in [6.07, 6.45) is 0.308. The van der Waals surface area contributed by atoms with E-state index in [9.17, 15) is 19.1 Å². The number of carbonyl (C=O) groups is 2. The van der Waals surface area contributed by atoms with Crippen LogP contribution >= 0.6 is 0 Å². The van der Waals surface area contributed by atoms with Crippen molar-refractivity contribution in [1.82, 2.24) is 15.2 Å². The predicted molar refractivity (Wildman–Crippen MR) is 96.1 cm³/mol. The molecule has 0 spiro atoms. The molecule has 1 saturated heterocycles. The zero-order valence-electron chi connectivity index (χ0n) is 15.0. The van der Waals surface area contributed by atoms with Gasteiger partial charge in [0, 0.05) is 13.1 Å². The van der Waals surface area contributed by atoms with E-state index in [1.807, 2.05) is 0 Å². The lowest BCUT2D eigenvalue weighted by Gasteiger charge is -2.32. The van der Waals surface area contributed by atoms with Crippen LogP contribution in [0.2, 0.25) is 0 Å². The Labute approximate surface area is 160 Å². The van der Waals surface area contributed by atoms with Crippen LogP contribution in [0.4, 0.5) is 9.18 Å². The van der Waals surface area contributed by atoms with Gasteiger partial charge in [0.05, 0.1) is 25.5 Å². The van der Waals surface area contributed by atoms with Gasteiger partial charge in [-0.25, -0.2) is 14.2 Å². The number of ether oxygens (including phenoxy) is 2. The largest absolute Gasteiger partial charge is 0.506 e. The maximum absolute atomic E-state index is 12.9. The summed E-state index contributed by atoms with van der Waals surface area (Å²) in [6.45, 7) is 1.22. The molecule has 2 N–H and O–H groups in total. The van der Waals surface area contributed by atoms with Crippen LogP contribution < -0.4 is 5.32 Å². The van der Waals surface area contributed by atoms with Gasteiger partial charge in [-0.05, 0) is 29.8 Å². The summed E-state index contributed by atoms with van der Waals surface area (Å²) in [6, 6.07) is 8.50.